The molecule has 1 saturated heterocycles. The van der Waals surface area contributed by atoms with Gasteiger partial charge < -0.3 is 104 Å². The Balaban J connectivity index is 2.01. The number of nitrogens with two attached hydrogens (primary N) is 2. The number of aliphatic carboxylic acids is 6. The zero-order valence-corrected chi connectivity index (χ0v) is 58.0. The summed E-state index contributed by atoms with van der Waals surface area (Å²) in [5.74, 6) is -23.1. The van der Waals surface area contributed by atoms with Gasteiger partial charge in [-0.25, -0.2) is 13.2 Å². The number of rotatable bonds is 47. The monoisotopic (exact) mass is 1490 g/mol. The summed E-state index contributed by atoms with van der Waals surface area (Å²) in [7, 11) is -5.28. The quantitative estimate of drug-likeness (QED) is 0.0225. The van der Waals surface area contributed by atoms with E-state index in [0.717, 1.165) is 29.2 Å². The highest BCUT2D eigenvalue weighted by Crippen LogP contribution is 2.23. The van der Waals surface area contributed by atoms with E-state index >= 15 is 0 Å². The normalized spacial score (nSPS) is 15.8. The molecule has 574 valence electrons. The van der Waals surface area contributed by atoms with Gasteiger partial charge in [0.15, 0.2) is 0 Å². The molecule has 2 aromatic rings. The first-order valence-electron chi connectivity index (χ1n) is 32.9. The van der Waals surface area contributed by atoms with Gasteiger partial charge in [0.25, 0.3) is 10.4 Å². The number of nitrogens with one attached hydrogen (secondary N) is 9. The lowest BCUT2D eigenvalue weighted by atomic mass is 9.96. The van der Waals surface area contributed by atoms with Crippen LogP contribution in [0.1, 0.15) is 135 Å². The molecule has 104 heavy (non-hydrogen) atoms. The van der Waals surface area contributed by atoms with Crippen molar-refractivity contribution in [1.29, 1.82) is 0 Å². The van der Waals surface area contributed by atoms with E-state index in [1.54, 1.807) is 51.1 Å². The summed E-state index contributed by atoms with van der Waals surface area (Å²) in [5.41, 5.74) is 11.5. The number of carbonyl (C=O) groups is 17. The first-order valence-corrected chi connectivity index (χ1v) is 34.2. The molecule has 3 rings (SSSR count). The second-order valence-corrected chi connectivity index (χ2v) is 26.0. The molecule has 19 N–H and O–H groups in total. The van der Waals surface area contributed by atoms with Crippen LogP contribution in [-0.4, -0.2) is 222 Å². The van der Waals surface area contributed by atoms with Crippen LogP contribution in [-0.2, 0) is 105 Å². The predicted octanol–water partition coefficient (Wildman–Crippen LogP) is -3.63. The van der Waals surface area contributed by atoms with Crippen LogP contribution in [0.15, 0.2) is 54.6 Å². The van der Waals surface area contributed by atoms with Gasteiger partial charge in [-0.2, -0.15) is 0 Å². The number of likely N-dealkylation sites (tertiary alicyclic amines) is 1. The van der Waals surface area contributed by atoms with E-state index in [4.69, 9.17) is 11.5 Å². The molecule has 0 saturated carbocycles. The van der Waals surface area contributed by atoms with Crippen molar-refractivity contribution < 1.29 is 129 Å². The summed E-state index contributed by atoms with van der Waals surface area (Å²) in [6, 6.07) is -6.71. The minimum atomic E-state index is -5.28. The highest BCUT2D eigenvalue weighted by atomic mass is 32.3. The largest absolute Gasteiger partial charge is 0.716 e. The maximum absolute atomic E-state index is 14.8. The minimum absolute atomic E-state index is 0.0945. The van der Waals surface area contributed by atoms with Crippen molar-refractivity contribution in [2.24, 2.45) is 23.3 Å². The first kappa shape index (κ1) is 87.3. The van der Waals surface area contributed by atoms with E-state index < -0.39 is 272 Å². The number of hydrogen-bond donors (Lipinski definition) is 17. The third-order valence-corrected chi connectivity index (χ3v) is 16.6. The fraction of sp³-hybridized carbons (Fsp3) is 0.547. The van der Waals surface area contributed by atoms with Gasteiger partial charge in [0, 0.05) is 51.5 Å². The Bertz CT molecular complexity index is 3550. The highest BCUT2D eigenvalue weighted by molar-refractivity contribution is 7.81. The predicted molar refractivity (Wildman–Crippen MR) is 355 cm³/mol. The lowest BCUT2D eigenvalue weighted by Crippen LogP contribution is -2.61. The highest BCUT2D eigenvalue weighted by Gasteiger charge is 2.42. The van der Waals surface area contributed by atoms with Gasteiger partial charge in [0.05, 0.1) is 12.5 Å². The molecule has 0 radical (unpaired) electrons. The SMILES string of the molecule is CC[C@H](C)[C@H](NC(=O)[C@H](CCC(=O)O)NC(=O)[C@H](CCC(=O)O)NC(=O)[C@H](Cc1ccccc1)NC(=O)[C@@H](N)CC(=O)O)C(=O)N1CCC[C@H]1C(=O)N[C@@H](CCC(=O)O)C(=O)N[C@@H](CCC(=O)O)C(=O)N[C@@H](Cc1ccc(OS(=O)(=O)[O-])cc1)C(=O)N[C@@H](CC(C)C)C(=O)N[C@@H](CCC(N)=O)C(=O)O. The van der Waals surface area contributed by atoms with Gasteiger partial charge in [-0.05, 0) is 86.5 Å². The molecule has 1 aliphatic rings. The van der Waals surface area contributed by atoms with Gasteiger partial charge in [-0.1, -0.05) is 76.6 Å². The number of carboxylic acids is 6. The Morgan fingerprint density at radius 3 is 1.31 bits per heavy atom. The van der Waals surface area contributed by atoms with Crippen molar-refractivity contribution in [1.82, 2.24) is 52.8 Å². The summed E-state index contributed by atoms with van der Waals surface area (Å²) in [5, 5.41) is 79.0. The fourth-order valence-corrected chi connectivity index (χ4v) is 10.9. The number of benzene rings is 2. The lowest BCUT2D eigenvalue weighted by Gasteiger charge is -2.33. The number of hydrogen-bond acceptors (Lipinski definition) is 22. The summed E-state index contributed by atoms with van der Waals surface area (Å²) in [4.78, 5) is 226. The molecule has 0 unspecified atom stereocenters. The molecular weight excluding hydrogens is 1400 g/mol. The Morgan fingerprint density at radius 1 is 0.510 bits per heavy atom. The smallest absolute Gasteiger partial charge is 0.326 e. The van der Waals surface area contributed by atoms with E-state index in [-0.39, 0.29) is 44.2 Å². The number of nitrogens with zero attached hydrogens (tertiary/aromatic N) is 1. The Labute approximate surface area is 595 Å². The number of carbonyl (C=O) groups excluding carboxylic acids is 11. The summed E-state index contributed by atoms with van der Waals surface area (Å²) in [6.45, 7) is 6.17. The van der Waals surface area contributed by atoms with Gasteiger partial charge in [0.1, 0.15) is 66.2 Å². The molecule has 2 aromatic carbocycles. The minimum Gasteiger partial charge on any atom is -0.716 e. The average Bonchev–Trinajstić information content (AvgIpc) is 1.36. The Hall–Kier alpha value is -10.9. The van der Waals surface area contributed by atoms with Crippen LogP contribution in [0.4, 0.5) is 0 Å². The zero-order valence-electron chi connectivity index (χ0n) is 57.2. The van der Waals surface area contributed by atoms with Crippen LogP contribution in [0.25, 0.3) is 0 Å². The van der Waals surface area contributed by atoms with Crippen molar-refractivity contribution in [3.63, 3.8) is 0 Å². The molecule has 12 atom stereocenters. The van der Waals surface area contributed by atoms with E-state index in [1.165, 1.54) is 6.92 Å². The van der Waals surface area contributed by atoms with Crippen LogP contribution in [0.2, 0.25) is 0 Å². The van der Waals surface area contributed by atoms with E-state index in [9.17, 15) is 125 Å². The van der Waals surface area contributed by atoms with E-state index in [1.807, 2.05) is 0 Å². The van der Waals surface area contributed by atoms with Gasteiger partial charge >= 0.3 is 35.8 Å². The molecular formula is C64H89N12O27S-. The molecule has 0 bridgehead atoms. The molecule has 1 heterocycles. The van der Waals surface area contributed by atoms with Crippen LogP contribution in [0.3, 0.4) is 0 Å². The Morgan fingerprint density at radius 2 is 0.894 bits per heavy atom. The maximum atomic E-state index is 14.8. The third kappa shape index (κ3) is 31.6. The van der Waals surface area contributed by atoms with Gasteiger partial charge in [-0.15, -0.1) is 0 Å². The molecule has 39 nitrogen and oxygen atoms in total. The topological polar surface area (TPSA) is 642 Å². The van der Waals surface area contributed by atoms with Crippen LogP contribution in [0, 0.1) is 11.8 Å². The maximum Gasteiger partial charge on any atom is 0.326 e. The molecule has 0 spiro atoms. The fourth-order valence-electron chi connectivity index (χ4n) is 10.6. The number of amides is 11. The number of primary amides is 1. The molecule has 1 fully saturated rings. The van der Waals surface area contributed by atoms with E-state index in [2.05, 4.69) is 52.0 Å². The summed E-state index contributed by atoms with van der Waals surface area (Å²) < 4.78 is 38.2. The average molecular weight is 1490 g/mol. The molecule has 40 heteroatoms. The summed E-state index contributed by atoms with van der Waals surface area (Å²) >= 11 is 0. The number of carboxylic acid groups (broad SMARTS) is 6. The molecule has 0 aliphatic carbocycles. The van der Waals surface area contributed by atoms with Crippen LogP contribution >= 0.6 is 0 Å². The molecule has 11 amide bonds. The van der Waals surface area contributed by atoms with Crippen LogP contribution < -0.4 is 63.5 Å². The van der Waals surface area contributed by atoms with Crippen LogP contribution in [0.5, 0.6) is 5.75 Å². The van der Waals surface area contributed by atoms with Crippen molar-refractivity contribution in [3.8, 4) is 5.75 Å². The third-order valence-electron chi connectivity index (χ3n) is 16.2. The molecule has 0 aromatic heterocycles. The van der Waals surface area contributed by atoms with Gasteiger partial charge in [0.2, 0.25) is 65.0 Å². The van der Waals surface area contributed by atoms with E-state index in [0.29, 0.717) is 5.56 Å². The van der Waals surface area contributed by atoms with Crippen molar-refractivity contribution in [2.75, 3.05) is 6.54 Å². The summed E-state index contributed by atoms with van der Waals surface area (Å²) in [6.07, 6.45) is -8.84. The second-order valence-electron chi connectivity index (χ2n) is 25.0. The zero-order chi connectivity index (χ0) is 78.3. The van der Waals surface area contributed by atoms with Crippen molar-refractivity contribution in [2.45, 2.75) is 203 Å². The molecule has 1 aliphatic heterocycles. The van der Waals surface area contributed by atoms with Gasteiger partial charge in [-0.3, -0.25) is 76.7 Å². The standard InChI is InChI=1S/C64H90N12O27S/c1-5-33(4)53(75-58(92)41(21-26-51(84)85)68-55(89)38(18-23-48(78)79)69-60(94)44(29-34-10-7-6-8-11-34)72-54(88)37(65)31-52(86)87)63(97)76-27-9-12-46(76)62(96)70-40(20-25-50(82)83)56(90)67-39(19-24-49(80)81)57(91)74-45(30-35-13-15-36(16-14-35)103-104(100,101)102)61(95)73-43(28-32(2)3)59(93)71-42(64(98)99)17-22-47(66)77/h6-8,10-11,13-16,32-33,37-46,53H,5,9,12,17-31,65H2,1-4H3,(H2,66,77)(H,67,90)(H,68,89)(H,69,94)(H,70,96)(H,71,93)(H,72,88)(H,73,95)(H,74,91)(H,75,92)(H,78,79)(H,80,81)(H,82,83)(H,84,85)(H,86,87)(H,98,99)(H,100,101,102)/p-1/t33-,37-,38-,39-,40-,41-,42-,43-,44-,45-,46-,53-/m0/s1. The second kappa shape index (κ2) is 42.5. The lowest BCUT2D eigenvalue weighted by molar-refractivity contribution is -0.144. The van der Waals surface area contributed by atoms with Crippen molar-refractivity contribution in [3.05, 3.63) is 65.7 Å². The first-order chi connectivity index (χ1) is 48.7. The Kier molecular flexibility index (Phi) is 35.7. The van der Waals surface area contributed by atoms with Crippen molar-refractivity contribution >= 4 is 111 Å².